The highest BCUT2D eigenvalue weighted by atomic mass is 79.9. The fraction of sp³-hybridized carbons (Fsp3) is 0.308. The summed E-state index contributed by atoms with van der Waals surface area (Å²) in [6, 6.07) is 7.52. The van der Waals surface area contributed by atoms with E-state index in [1.54, 1.807) is 21.4 Å². The number of carbonyl (C=O) groups excluding carboxylic acids is 1. The maximum atomic E-state index is 13.2. The van der Waals surface area contributed by atoms with Crippen molar-refractivity contribution in [3.05, 3.63) is 70.1 Å². The number of benzene rings is 1. The molecule has 206 valence electrons. The monoisotopic (exact) mass is 624 g/mol. The van der Waals surface area contributed by atoms with Crippen molar-refractivity contribution >= 4 is 37.5 Å². The van der Waals surface area contributed by atoms with E-state index in [1.807, 2.05) is 6.92 Å². The first-order valence-corrected chi connectivity index (χ1v) is 14.5. The lowest BCUT2D eigenvalue weighted by atomic mass is 9.82. The van der Waals surface area contributed by atoms with E-state index in [0.29, 0.717) is 50.4 Å². The molecule has 0 atom stereocenters. The molecule has 1 saturated carbocycles. The first kappa shape index (κ1) is 27.3. The third-order valence-electron chi connectivity index (χ3n) is 7.05. The van der Waals surface area contributed by atoms with E-state index >= 15 is 0 Å². The number of para-hydroxylation sites is 1. The van der Waals surface area contributed by atoms with Crippen LogP contribution in [0.5, 0.6) is 0 Å². The van der Waals surface area contributed by atoms with Crippen molar-refractivity contribution in [3.8, 4) is 22.3 Å². The summed E-state index contributed by atoms with van der Waals surface area (Å²) >= 11 is 3.56. The van der Waals surface area contributed by atoms with Gasteiger partial charge in [-0.3, -0.25) is 9.52 Å². The molecule has 0 radical (unpaired) electrons. The van der Waals surface area contributed by atoms with Crippen molar-refractivity contribution < 1.29 is 30.8 Å². The number of carbonyl (C=O) groups is 1. The number of fused-ring (bicyclic) bond motifs is 1. The summed E-state index contributed by atoms with van der Waals surface area (Å²) in [7, 11) is -5.69. The fourth-order valence-electron chi connectivity index (χ4n) is 4.98. The minimum atomic E-state index is -5.69. The molecule has 1 fully saturated rings. The van der Waals surface area contributed by atoms with Crippen molar-refractivity contribution in [2.45, 2.75) is 50.6 Å². The molecular weight excluding hydrogens is 601 g/mol. The molecule has 1 amide bonds. The van der Waals surface area contributed by atoms with Crippen molar-refractivity contribution in [3.63, 3.8) is 0 Å². The van der Waals surface area contributed by atoms with Gasteiger partial charge in [0.2, 0.25) is 0 Å². The number of anilines is 1. The zero-order valence-corrected chi connectivity index (χ0v) is 23.1. The average Bonchev–Trinajstić information content (AvgIpc) is 3.33. The molecule has 8 nitrogen and oxygen atoms in total. The average molecular weight is 625 g/mol. The highest BCUT2D eigenvalue weighted by Gasteiger charge is 2.46. The molecule has 39 heavy (non-hydrogen) atoms. The molecular formula is C26H24BrF3N4O4S. The highest BCUT2D eigenvalue weighted by molar-refractivity contribution is 9.10. The molecule has 5 rings (SSSR count). The predicted molar refractivity (Wildman–Crippen MR) is 143 cm³/mol. The molecule has 1 aromatic carbocycles. The lowest BCUT2D eigenvalue weighted by Crippen LogP contribution is -2.30. The molecule has 1 aliphatic heterocycles. The number of hydrogen-bond acceptors (Lipinski definition) is 5. The Labute approximate surface area is 230 Å². The van der Waals surface area contributed by atoms with Crippen molar-refractivity contribution in [2.75, 3.05) is 4.72 Å². The number of nitrogens with zero attached hydrogens (tertiary/aromatic N) is 2. The van der Waals surface area contributed by atoms with Crippen LogP contribution in [0.4, 0.5) is 18.9 Å². The fourth-order valence-corrected chi connectivity index (χ4v) is 6.33. The van der Waals surface area contributed by atoms with Crippen LogP contribution in [0, 0.1) is 0 Å². The van der Waals surface area contributed by atoms with Crippen LogP contribution in [0.15, 0.2) is 51.7 Å². The van der Waals surface area contributed by atoms with Gasteiger partial charge in [-0.1, -0.05) is 31.5 Å². The highest BCUT2D eigenvalue weighted by Crippen LogP contribution is 2.49. The third-order valence-corrected chi connectivity index (χ3v) is 8.97. The summed E-state index contributed by atoms with van der Waals surface area (Å²) in [5, 5.41) is 0. The number of nitrogens with one attached hydrogen (secondary N) is 1. The Hall–Kier alpha value is -3.32. The van der Waals surface area contributed by atoms with Gasteiger partial charge in [0.15, 0.2) is 0 Å². The first-order valence-electron chi connectivity index (χ1n) is 12.2. The molecule has 3 N–H and O–H groups in total. The van der Waals surface area contributed by atoms with E-state index < -0.39 is 21.4 Å². The number of alkyl halides is 3. The van der Waals surface area contributed by atoms with E-state index in [9.17, 15) is 26.4 Å². The maximum Gasteiger partial charge on any atom is 0.516 e. The summed E-state index contributed by atoms with van der Waals surface area (Å²) in [6.45, 7) is 2.02. The Morgan fingerprint density at radius 3 is 2.54 bits per heavy atom. The maximum absolute atomic E-state index is 13.2. The van der Waals surface area contributed by atoms with Gasteiger partial charge in [0.1, 0.15) is 11.5 Å². The largest absolute Gasteiger partial charge is 0.516 e. The Bertz CT molecular complexity index is 1640. The van der Waals surface area contributed by atoms with Crippen molar-refractivity contribution in [1.82, 2.24) is 9.55 Å². The van der Waals surface area contributed by atoms with Crippen LogP contribution in [0.25, 0.3) is 22.3 Å². The topological polar surface area (TPSA) is 120 Å². The molecule has 0 saturated heterocycles. The number of sulfonamides is 1. The molecule has 3 aliphatic rings. The standard InChI is InChI=1S/C26H24BrF3N4O4S/c1-2-20-32-23(14-6-5-7-14)24(25(31)35)34(20)12-17-15-10-11-38-13-18(15)22(27)21(17)16-8-3-4-9-19(16)33-39(36,37)26(28,29)30/h3-4,8-11,13-14,33H,2,5-7,12H2,1H3,(H2,31,35). The summed E-state index contributed by atoms with van der Waals surface area (Å²) in [6.07, 6.45) is 6.31. The summed E-state index contributed by atoms with van der Waals surface area (Å²) in [4.78, 5) is 17.5. The lowest BCUT2D eigenvalue weighted by molar-refractivity contribution is -0.0429. The van der Waals surface area contributed by atoms with Crippen LogP contribution in [-0.2, 0) is 23.0 Å². The van der Waals surface area contributed by atoms with E-state index in [0.717, 1.165) is 19.3 Å². The zero-order chi connectivity index (χ0) is 28.1. The second-order valence-corrected chi connectivity index (χ2v) is 11.8. The molecule has 2 aromatic rings. The van der Waals surface area contributed by atoms with Gasteiger partial charge in [-0.15, -0.1) is 0 Å². The van der Waals surface area contributed by atoms with Crippen LogP contribution in [0.3, 0.4) is 0 Å². The Morgan fingerprint density at radius 2 is 1.92 bits per heavy atom. The number of halogens is 4. The molecule has 0 spiro atoms. The molecule has 13 heteroatoms. The van der Waals surface area contributed by atoms with E-state index in [2.05, 4.69) is 15.9 Å². The molecule has 0 unspecified atom stereocenters. The van der Waals surface area contributed by atoms with Crippen molar-refractivity contribution in [1.29, 1.82) is 0 Å². The van der Waals surface area contributed by atoms with Crippen LogP contribution < -0.4 is 10.5 Å². The predicted octanol–water partition coefficient (Wildman–Crippen LogP) is 6.25. The molecule has 2 aliphatic carbocycles. The normalized spacial score (nSPS) is 14.5. The number of rotatable bonds is 8. The minimum absolute atomic E-state index is 0.114. The Balaban J connectivity index is 1.73. The van der Waals surface area contributed by atoms with Crippen LogP contribution in [-0.4, -0.2) is 29.4 Å². The van der Waals surface area contributed by atoms with E-state index in [-0.39, 0.29) is 23.7 Å². The van der Waals surface area contributed by atoms with Gasteiger partial charge < -0.3 is 14.7 Å². The second-order valence-electron chi connectivity index (χ2n) is 9.34. The summed E-state index contributed by atoms with van der Waals surface area (Å²) in [5.41, 5.74) is 3.66. The molecule has 2 heterocycles. The number of aryl methyl sites for hydroxylation is 1. The first-order chi connectivity index (χ1) is 18.4. The van der Waals surface area contributed by atoms with Gasteiger partial charge in [-0.05, 0) is 52.0 Å². The molecule has 0 bridgehead atoms. The van der Waals surface area contributed by atoms with Crippen LogP contribution in [0.1, 0.15) is 59.7 Å². The van der Waals surface area contributed by atoms with Crippen LogP contribution in [0.2, 0.25) is 0 Å². The number of aromatic nitrogens is 2. The Kier molecular flexibility index (Phi) is 7.00. The number of hydrogen-bond donors (Lipinski definition) is 2. The Morgan fingerprint density at radius 1 is 1.21 bits per heavy atom. The summed E-state index contributed by atoms with van der Waals surface area (Å²) in [5.74, 6) is 0.167. The summed E-state index contributed by atoms with van der Waals surface area (Å²) < 4.78 is 73.1. The second kappa shape index (κ2) is 10.0. The third kappa shape index (κ3) is 4.71. The number of amides is 1. The van der Waals surface area contributed by atoms with E-state index in [4.69, 9.17) is 15.1 Å². The van der Waals surface area contributed by atoms with Gasteiger partial charge >= 0.3 is 15.5 Å². The SMILES string of the molecule is CCc1nc(C2CCC2)c(C(N)=O)n1Cc1c2ccocc-2c(Br)c1-c1ccccc1NS(=O)(=O)C(F)(F)F. The van der Waals surface area contributed by atoms with Crippen LogP contribution >= 0.6 is 15.9 Å². The number of imidazole rings is 1. The molecule has 1 aromatic heterocycles. The van der Waals surface area contributed by atoms with E-state index in [1.165, 1.54) is 30.7 Å². The number of primary amides is 1. The number of nitrogens with two attached hydrogens (primary N) is 1. The van der Waals surface area contributed by atoms with Gasteiger partial charge in [-0.2, -0.15) is 21.6 Å². The zero-order valence-electron chi connectivity index (χ0n) is 20.7. The van der Waals surface area contributed by atoms with Gasteiger partial charge in [0.25, 0.3) is 5.91 Å². The lowest BCUT2D eigenvalue weighted by Gasteiger charge is -2.24. The van der Waals surface area contributed by atoms with Gasteiger partial charge in [0, 0.05) is 33.5 Å². The van der Waals surface area contributed by atoms with Crippen molar-refractivity contribution in [2.24, 2.45) is 5.73 Å². The quantitative estimate of drug-likeness (QED) is 0.240. The smallest absolute Gasteiger partial charge is 0.472 e. The van der Waals surface area contributed by atoms with Gasteiger partial charge in [-0.25, -0.2) is 4.98 Å². The minimum Gasteiger partial charge on any atom is -0.472 e. The van der Waals surface area contributed by atoms with Gasteiger partial charge in [0.05, 0.1) is 30.5 Å².